The Morgan fingerprint density at radius 2 is 2.10 bits per heavy atom. The lowest BCUT2D eigenvalue weighted by Gasteiger charge is -2.27. The van der Waals surface area contributed by atoms with Gasteiger partial charge in [-0.05, 0) is 6.42 Å². The first-order valence-corrected chi connectivity index (χ1v) is 3.72. The second-order valence-electron chi connectivity index (χ2n) is 2.98. The summed E-state index contributed by atoms with van der Waals surface area (Å²) >= 11 is 0. The van der Waals surface area contributed by atoms with E-state index < -0.39 is 6.17 Å². The molecule has 0 radical (unpaired) electrons. The Hall–Kier alpha value is -0.190. The zero-order valence-corrected chi connectivity index (χ0v) is 5.73. The first-order chi connectivity index (χ1) is 4.86. The highest BCUT2D eigenvalue weighted by Crippen LogP contribution is 2.13. The van der Waals surface area contributed by atoms with E-state index in [0.717, 1.165) is 6.54 Å². The topological polar surface area (TPSA) is 36.1 Å². The van der Waals surface area contributed by atoms with Crippen LogP contribution < -0.4 is 16.2 Å². The molecule has 4 heteroatoms. The van der Waals surface area contributed by atoms with Crippen molar-refractivity contribution in [2.24, 2.45) is 0 Å². The summed E-state index contributed by atoms with van der Waals surface area (Å²) in [5, 5.41) is 3.13. The van der Waals surface area contributed by atoms with Crippen molar-refractivity contribution in [1.29, 1.82) is 0 Å². The van der Waals surface area contributed by atoms with Gasteiger partial charge in [-0.3, -0.25) is 10.9 Å². The van der Waals surface area contributed by atoms with Gasteiger partial charge in [0, 0.05) is 25.2 Å². The summed E-state index contributed by atoms with van der Waals surface area (Å²) in [5.41, 5.74) is 6.04. The van der Waals surface area contributed by atoms with Crippen LogP contribution in [0.2, 0.25) is 0 Å². The zero-order valence-electron chi connectivity index (χ0n) is 5.73. The van der Waals surface area contributed by atoms with Crippen molar-refractivity contribution in [3.63, 3.8) is 0 Å². The average molecular weight is 145 g/mol. The van der Waals surface area contributed by atoms with Crippen LogP contribution in [0.5, 0.6) is 0 Å². The smallest absolute Gasteiger partial charge is 0.114 e. The van der Waals surface area contributed by atoms with Gasteiger partial charge in [0.25, 0.3) is 0 Å². The quantitative estimate of drug-likeness (QED) is 0.416. The van der Waals surface area contributed by atoms with Gasteiger partial charge in [-0.15, -0.1) is 0 Å². The monoisotopic (exact) mass is 145 g/mol. The molecule has 0 spiro atoms. The standard InChI is InChI=1S/C6H12FN3/c7-4-1-5-6(8-2-4)3-9-10-5/h4-6,8-10H,1-3H2. The molecule has 2 heterocycles. The van der Waals surface area contributed by atoms with E-state index in [1.54, 1.807) is 0 Å². The number of rotatable bonds is 0. The molecule has 3 unspecified atom stereocenters. The van der Waals surface area contributed by atoms with Crippen molar-refractivity contribution in [2.45, 2.75) is 24.7 Å². The van der Waals surface area contributed by atoms with Crippen molar-refractivity contribution in [3.05, 3.63) is 0 Å². The predicted molar refractivity (Wildman–Crippen MR) is 36.2 cm³/mol. The van der Waals surface area contributed by atoms with Crippen LogP contribution in [0, 0.1) is 0 Å². The van der Waals surface area contributed by atoms with Crippen LogP contribution in [0.4, 0.5) is 4.39 Å². The lowest BCUT2D eigenvalue weighted by atomic mass is 10.00. The summed E-state index contributed by atoms with van der Waals surface area (Å²) in [6.45, 7) is 1.43. The highest BCUT2D eigenvalue weighted by atomic mass is 19.1. The van der Waals surface area contributed by atoms with Gasteiger partial charge < -0.3 is 5.32 Å². The Morgan fingerprint density at radius 3 is 3.00 bits per heavy atom. The van der Waals surface area contributed by atoms with E-state index in [-0.39, 0.29) is 0 Å². The maximum Gasteiger partial charge on any atom is 0.114 e. The fraction of sp³-hybridized carbons (Fsp3) is 1.00. The third-order valence-electron chi connectivity index (χ3n) is 2.21. The Balaban J connectivity index is 1.96. The minimum atomic E-state index is -0.673. The molecular formula is C6H12FN3. The number of nitrogens with one attached hydrogen (secondary N) is 3. The third-order valence-corrected chi connectivity index (χ3v) is 2.21. The Bertz CT molecular complexity index is 130. The average Bonchev–Trinajstić information content (AvgIpc) is 2.33. The molecule has 0 bridgehead atoms. The van der Waals surface area contributed by atoms with Gasteiger partial charge in [0.15, 0.2) is 0 Å². The van der Waals surface area contributed by atoms with Gasteiger partial charge in [-0.1, -0.05) is 0 Å². The van der Waals surface area contributed by atoms with E-state index in [0.29, 0.717) is 25.0 Å². The van der Waals surface area contributed by atoms with Crippen LogP contribution in [-0.4, -0.2) is 31.3 Å². The van der Waals surface area contributed by atoms with Gasteiger partial charge in [0.2, 0.25) is 0 Å². The highest BCUT2D eigenvalue weighted by molar-refractivity contribution is 4.94. The van der Waals surface area contributed by atoms with E-state index >= 15 is 0 Å². The number of hydrogen-bond acceptors (Lipinski definition) is 3. The number of alkyl halides is 1. The molecule has 10 heavy (non-hydrogen) atoms. The first kappa shape index (κ1) is 6.52. The molecule has 2 rings (SSSR count). The third kappa shape index (κ3) is 1.02. The van der Waals surface area contributed by atoms with Crippen molar-refractivity contribution in [3.8, 4) is 0 Å². The molecule has 0 aliphatic carbocycles. The summed E-state index contributed by atoms with van der Waals surface area (Å²) in [6.07, 6.45) is -0.0290. The molecule has 3 N–H and O–H groups in total. The van der Waals surface area contributed by atoms with E-state index in [1.807, 2.05) is 0 Å². The lowest BCUT2D eigenvalue weighted by molar-refractivity contribution is 0.216. The first-order valence-electron chi connectivity index (χ1n) is 3.72. The van der Waals surface area contributed by atoms with E-state index in [9.17, 15) is 4.39 Å². The van der Waals surface area contributed by atoms with Gasteiger partial charge in [-0.2, -0.15) is 0 Å². The second kappa shape index (κ2) is 2.45. The molecule has 2 aliphatic rings. The number of piperidine rings is 1. The lowest BCUT2D eigenvalue weighted by Crippen LogP contribution is -2.50. The Kier molecular flexibility index (Phi) is 1.60. The number of halogens is 1. The molecule has 0 aromatic heterocycles. The van der Waals surface area contributed by atoms with Crippen molar-refractivity contribution < 1.29 is 4.39 Å². The van der Waals surface area contributed by atoms with E-state index in [4.69, 9.17) is 0 Å². The second-order valence-corrected chi connectivity index (χ2v) is 2.98. The summed E-state index contributed by atoms with van der Waals surface area (Å²) in [6, 6.07) is 0.732. The summed E-state index contributed by atoms with van der Waals surface area (Å²) in [7, 11) is 0. The molecule has 3 atom stereocenters. The number of fused-ring (bicyclic) bond motifs is 1. The van der Waals surface area contributed by atoms with Crippen molar-refractivity contribution in [1.82, 2.24) is 16.2 Å². The maximum atomic E-state index is 12.7. The summed E-state index contributed by atoms with van der Waals surface area (Å²) in [4.78, 5) is 0. The van der Waals surface area contributed by atoms with Gasteiger partial charge in [-0.25, -0.2) is 4.39 Å². The van der Waals surface area contributed by atoms with Crippen molar-refractivity contribution >= 4 is 0 Å². The molecular weight excluding hydrogens is 133 g/mol. The predicted octanol–water partition coefficient (Wildman–Crippen LogP) is -0.837. The Labute approximate surface area is 59.3 Å². The number of hydrazine groups is 1. The van der Waals surface area contributed by atoms with Gasteiger partial charge in [0.05, 0.1) is 0 Å². The van der Waals surface area contributed by atoms with Crippen LogP contribution >= 0.6 is 0 Å². The van der Waals surface area contributed by atoms with Crippen molar-refractivity contribution in [2.75, 3.05) is 13.1 Å². The molecule has 0 amide bonds. The minimum absolute atomic E-state index is 0.295. The maximum absolute atomic E-state index is 12.7. The summed E-state index contributed by atoms with van der Waals surface area (Å²) in [5.74, 6) is 0. The molecule has 0 aromatic carbocycles. The molecule has 58 valence electrons. The molecule has 2 aliphatic heterocycles. The Morgan fingerprint density at radius 1 is 1.20 bits per heavy atom. The fourth-order valence-electron chi connectivity index (χ4n) is 1.62. The van der Waals surface area contributed by atoms with Crippen LogP contribution in [0.15, 0.2) is 0 Å². The largest absolute Gasteiger partial charge is 0.308 e. The van der Waals surface area contributed by atoms with Crippen LogP contribution in [0.3, 0.4) is 0 Å². The minimum Gasteiger partial charge on any atom is -0.308 e. The van der Waals surface area contributed by atoms with Crippen LogP contribution in [0.25, 0.3) is 0 Å². The molecule has 3 nitrogen and oxygen atoms in total. The van der Waals surface area contributed by atoms with Gasteiger partial charge in [0.1, 0.15) is 6.17 Å². The molecule has 0 saturated carbocycles. The molecule has 0 aromatic rings. The summed E-state index contributed by atoms with van der Waals surface area (Å²) < 4.78 is 12.7. The molecule has 2 fully saturated rings. The molecule has 2 saturated heterocycles. The van der Waals surface area contributed by atoms with E-state index in [2.05, 4.69) is 16.2 Å². The zero-order chi connectivity index (χ0) is 6.97. The fourth-order valence-corrected chi connectivity index (χ4v) is 1.62. The van der Waals surface area contributed by atoms with Gasteiger partial charge >= 0.3 is 0 Å². The van der Waals surface area contributed by atoms with Crippen LogP contribution in [-0.2, 0) is 0 Å². The normalized spacial score (nSPS) is 47.1. The van der Waals surface area contributed by atoms with Crippen LogP contribution in [0.1, 0.15) is 6.42 Å². The highest BCUT2D eigenvalue weighted by Gasteiger charge is 2.33. The SMILES string of the molecule is FC1CNC2CNNC2C1. The van der Waals surface area contributed by atoms with E-state index in [1.165, 1.54) is 0 Å². The number of hydrogen-bond donors (Lipinski definition) is 3.